The summed E-state index contributed by atoms with van der Waals surface area (Å²) in [4.78, 5) is 21.8. The number of hydrogen-bond donors (Lipinski definition) is 3. The van der Waals surface area contributed by atoms with E-state index in [1.54, 1.807) is 0 Å². The maximum atomic E-state index is 13.3. The number of nitrogens with zero attached hydrogens (tertiary/aromatic N) is 1. The Bertz CT molecular complexity index is 550. The van der Waals surface area contributed by atoms with E-state index < -0.39 is 34.1 Å². The van der Waals surface area contributed by atoms with Gasteiger partial charge in [0.15, 0.2) is 0 Å². The Morgan fingerprint density at radius 2 is 2.19 bits per heavy atom. The van der Waals surface area contributed by atoms with Crippen LogP contribution >= 0.6 is 0 Å². The lowest BCUT2D eigenvalue weighted by Crippen LogP contribution is -2.35. The predicted octanol–water partition coefficient (Wildman–Crippen LogP) is 1.45. The summed E-state index contributed by atoms with van der Waals surface area (Å²) in [6.45, 7) is 3.67. The monoisotopic (exact) mass is 299 g/mol. The van der Waals surface area contributed by atoms with E-state index >= 15 is 0 Å². The van der Waals surface area contributed by atoms with Crippen molar-refractivity contribution in [1.82, 2.24) is 5.32 Å². The van der Waals surface area contributed by atoms with E-state index in [1.807, 2.05) is 13.8 Å². The van der Waals surface area contributed by atoms with Gasteiger partial charge in [0.25, 0.3) is 11.6 Å². The molecular weight excluding hydrogens is 281 g/mol. The average Bonchev–Trinajstić information content (AvgIpc) is 2.45. The number of aliphatic hydroxyl groups excluding tert-OH is 1. The third-order valence-electron chi connectivity index (χ3n) is 3.34. The second-order valence-corrected chi connectivity index (χ2v) is 4.81. The Morgan fingerprint density at radius 1 is 1.57 bits per heavy atom. The highest BCUT2D eigenvalue weighted by atomic mass is 19.1. The number of anilines is 1. The quantitative estimate of drug-likeness (QED) is 0.417. The molecule has 0 aliphatic carbocycles. The molecule has 2 atom stereocenters. The molecule has 116 valence electrons. The number of nitrogens with two attached hydrogens (primary N) is 1. The molecule has 1 rings (SSSR count). The zero-order valence-corrected chi connectivity index (χ0v) is 11.8. The molecule has 0 saturated carbocycles. The van der Waals surface area contributed by atoms with E-state index in [0.29, 0.717) is 6.07 Å². The van der Waals surface area contributed by atoms with Gasteiger partial charge in [0.2, 0.25) is 0 Å². The molecule has 7 nitrogen and oxygen atoms in total. The van der Waals surface area contributed by atoms with Crippen molar-refractivity contribution in [3.8, 4) is 0 Å². The van der Waals surface area contributed by atoms with Crippen LogP contribution in [0.4, 0.5) is 15.8 Å². The van der Waals surface area contributed by atoms with Gasteiger partial charge in [0.05, 0.1) is 22.7 Å². The van der Waals surface area contributed by atoms with Crippen LogP contribution in [0.1, 0.15) is 30.6 Å². The van der Waals surface area contributed by atoms with Gasteiger partial charge in [0.1, 0.15) is 11.5 Å². The summed E-state index contributed by atoms with van der Waals surface area (Å²) in [5, 5.41) is 22.9. The summed E-state index contributed by atoms with van der Waals surface area (Å²) < 4.78 is 13.3. The summed E-state index contributed by atoms with van der Waals surface area (Å²) in [6, 6.07) is 1.48. The van der Waals surface area contributed by atoms with Gasteiger partial charge in [-0.15, -0.1) is 0 Å². The predicted molar refractivity (Wildman–Crippen MR) is 75.3 cm³/mol. The minimum Gasteiger partial charge on any atom is -0.393 e. The van der Waals surface area contributed by atoms with E-state index in [-0.39, 0.29) is 18.0 Å². The highest BCUT2D eigenvalue weighted by Crippen LogP contribution is 2.26. The van der Waals surface area contributed by atoms with Gasteiger partial charge in [-0.05, 0) is 12.0 Å². The lowest BCUT2D eigenvalue weighted by molar-refractivity contribution is -0.384. The SMILES string of the molecule is CCC(C)C(O)CNC(=O)c1cc(F)cc([N+](=O)[O-])c1N. The lowest BCUT2D eigenvalue weighted by Gasteiger charge is -2.17. The van der Waals surface area contributed by atoms with Crippen LogP contribution in [0, 0.1) is 21.8 Å². The third-order valence-corrected chi connectivity index (χ3v) is 3.34. The average molecular weight is 299 g/mol. The number of nitro benzene ring substituents is 1. The molecule has 0 saturated heterocycles. The van der Waals surface area contributed by atoms with Crippen molar-refractivity contribution in [3.05, 3.63) is 33.6 Å². The van der Waals surface area contributed by atoms with Crippen LogP contribution in [-0.2, 0) is 0 Å². The number of nitrogens with one attached hydrogen (secondary N) is 1. The van der Waals surface area contributed by atoms with E-state index in [1.165, 1.54) is 0 Å². The highest BCUT2D eigenvalue weighted by Gasteiger charge is 2.22. The summed E-state index contributed by atoms with van der Waals surface area (Å²) >= 11 is 0. The second kappa shape index (κ2) is 6.98. The standard InChI is InChI=1S/C13H18FN3O4/c1-3-7(2)11(18)6-16-13(19)9-4-8(14)5-10(12(9)15)17(20)21/h4-5,7,11,18H,3,6,15H2,1-2H3,(H,16,19). The second-order valence-electron chi connectivity index (χ2n) is 4.81. The molecule has 0 aliphatic heterocycles. The largest absolute Gasteiger partial charge is 0.393 e. The number of carbonyl (C=O) groups is 1. The zero-order chi connectivity index (χ0) is 16.2. The van der Waals surface area contributed by atoms with Gasteiger partial charge in [-0.3, -0.25) is 14.9 Å². The van der Waals surface area contributed by atoms with Gasteiger partial charge in [-0.25, -0.2) is 4.39 Å². The Kier molecular flexibility index (Phi) is 5.60. The molecule has 0 aromatic heterocycles. The molecule has 4 N–H and O–H groups in total. The number of amides is 1. The fourth-order valence-corrected chi connectivity index (χ4v) is 1.71. The van der Waals surface area contributed by atoms with Crippen molar-refractivity contribution in [3.63, 3.8) is 0 Å². The molecule has 0 fully saturated rings. The Balaban J connectivity index is 2.91. The third kappa shape index (κ3) is 4.12. The molecule has 0 bridgehead atoms. The number of nitrogen functional groups attached to an aromatic ring is 1. The highest BCUT2D eigenvalue weighted by molar-refractivity contribution is 6.01. The summed E-state index contributed by atoms with van der Waals surface area (Å²) in [7, 11) is 0. The van der Waals surface area contributed by atoms with Gasteiger partial charge in [-0.2, -0.15) is 0 Å². The van der Waals surface area contributed by atoms with E-state index in [0.717, 1.165) is 12.5 Å². The molecule has 0 radical (unpaired) electrons. The Labute approximate surface area is 121 Å². The minimum atomic E-state index is -0.927. The number of aliphatic hydroxyl groups is 1. The van der Waals surface area contributed by atoms with Gasteiger partial charge in [0, 0.05) is 6.54 Å². The maximum Gasteiger partial charge on any atom is 0.295 e. The van der Waals surface area contributed by atoms with Crippen LogP contribution in [0.2, 0.25) is 0 Å². The molecular formula is C13H18FN3O4. The zero-order valence-electron chi connectivity index (χ0n) is 11.8. The first-order valence-electron chi connectivity index (χ1n) is 6.47. The van der Waals surface area contributed by atoms with Crippen molar-refractivity contribution in [2.75, 3.05) is 12.3 Å². The number of rotatable bonds is 6. The van der Waals surface area contributed by atoms with Crippen molar-refractivity contribution in [2.24, 2.45) is 5.92 Å². The number of nitro groups is 1. The van der Waals surface area contributed by atoms with Crippen molar-refractivity contribution in [1.29, 1.82) is 0 Å². The Hall–Kier alpha value is -2.22. The first-order chi connectivity index (χ1) is 9.77. The van der Waals surface area contributed by atoms with Gasteiger partial charge < -0.3 is 16.2 Å². The fourth-order valence-electron chi connectivity index (χ4n) is 1.71. The first kappa shape index (κ1) is 16.8. The Morgan fingerprint density at radius 3 is 2.71 bits per heavy atom. The van der Waals surface area contributed by atoms with E-state index in [4.69, 9.17) is 5.73 Å². The summed E-state index contributed by atoms with van der Waals surface area (Å²) in [6.07, 6.45) is -0.0336. The van der Waals surface area contributed by atoms with E-state index in [2.05, 4.69) is 5.32 Å². The van der Waals surface area contributed by atoms with Gasteiger partial charge in [-0.1, -0.05) is 20.3 Å². The smallest absolute Gasteiger partial charge is 0.295 e. The van der Waals surface area contributed by atoms with Crippen molar-refractivity contribution in [2.45, 2.75) is 26.4 Å². The number of carbonyl (C=O) groups excluding carboxylic acids is 1. The molecule has 0 aliphatic rings. The molecule has 8 heteroatoms. The molecule has 0 heterocycles. The van der Waals surface area contributed by atoms with Crippen LogP contribution in [0.5, 0.6) is 0 Å². The summed E-state index contributed by atoms with van der Waals surface area (Å²) in [5.41, 5.74) is 4.12. The van der Waals surface area contributed by atoms with E-state index in [9.17, 15) is 24.4 Å². The lowest BCUT2D eigenvalue weighted by atomic mass is 10.0. The van der Waals surface area contributed by atoms with Gasteiger partial charge >= 0.3 is 0 Å². The number of halogens is 1. The fraction of sp³-hybridized carbons (Fsp3) is 0.462. The normalized spacial score (nSPS) is 13.5. The van der Waals surface area contributed by atoms with Crippen molar-refractivity contribution < 1.29 is 19.2 Å². The van der Waals surface area contributed by atoms with Crippen LogP contribution in [0.3, 0.4) is 0 Å². The molecule has 1 amide bonds. The summed E-state index contributed by atoms with van der Waals surface area (Å²) in [5.74, 6) is -1.72. The first-order valence-corrected chi connectivity index (χ1v) is 6.47. The van der Waals surface area contributed by atoms with Crippen molar-refractivity contribution >= 4 is 17.3 Å². The molecule has 21 heavy (non-hydrogen) atoms. The number of benzene rings is 1. The maximum absolute atomic E-state index is 13.3. The number of hydrogen-bond acceptors (Lipinski definition) is 5. The molecule has 1 aromatic rings. The van der Waals surface area contributed by atoms with Crippen LogP contribution < -0.4 is 11.1 Å². The molecule has 0 spiro atoms. The van der Waals surface area contributed by atoms with Crippen LogP contribution in [-0.4, -0.2) is 28.6 Å². The minimum absolute atomic E-state index is 0.0236. The molecule has 1 aromatic carbocycles. The van der Waals surface area contributed by atoms with Crippen LogP contribution in [0.15, 0.2) is 12.1 Å². The topological polar surface area (TPSA) is 118 Å². The molecule has 2 unspecified atom stereocenters. The van der Waals surface area contributed by atoms with Crippen LogP contribution in [0.25, 0.3) is 0 Å².